The fraction of sp³-hybridized carbons (Fsp3) is 0.171. The lowest BCUT2D eigenvalue weighted by atomic mass is 9.94. The van der Waals surface area contributed by atoms with E-state index in [1.165, 1.54) is 74.4 Å². The van der Waals surface area contributed by atoms with Gasteiger partial charge in [0.15, 0.2) is 5.78 Å². The van der Waals surface area contributed by atoms with Gasteiger partial charge < -0.3 is 4.74 Å². The molecule has 0 unspecified atom stereocenters. The Morgan fingerprint density at radius 3 is 2.08 bits per heavy atom. The number of carbonyl (C=O) groups is 1. The Balaban J connectivity index is 1.57. The molecule has 8 rings (SSSR count). The molecule has 1 aromatic heterocycles. The second kappa shape index (κ2) is 7.12. The van der Waals surface area contributed by atoms with Crippen LogP contribution in [0.15, 0.2) is 66.7 Å². The average molecular weight is 511 g/mol. The van der Waals surface area contributed by atoms with E-state index in [1.54, 1.807) is 6.92 Å². The first-order chi connectivity index (χ1) is 18.2. The molecule has 0 fully saturated rings. The van der Waals surface area contributed by atoms with Gasteiger partial charge in [0.25, 0.3) is 0 Å². The van der Waals surface area contributed by atoms with Crippen LogP contribution in [0.1, 0.15) is 43.6 Å². The smallest absolute Gasteiger partial charge is 0.159 e. The fourth-order valence-corrected chi connectivity index (χ4v) is 7.72. The summed E-state index contributed by atoms with van der Waals surface area (Å²) < 4.78 is 7.92. The van der Waals surface area contributed by atoms with Crippen molar-refractivity contribution >= 4 is 81.1 Å². The minimum Gasteiger partial charge on any atom is -0.487 e. The van der Waals surface area contributed by atoms with Crippen LogP contribution in [0, 0.1) is 6.92 Å². The van der Waals surface area contributed by atoms with Gasteiger partial charge in [-0.25, -0.2) is 0 Å². The standard InChI is InChI=1S/C35H26O2S/c1-17-14-24-25-16-28(20-8-6-19(7-9-20)18(2)36)38-34(25)26-15-27(37-35(3,4)5)23-13-11-21-10-12-22(17)30-29(21)31(23)33(26)32(24)30/h6-16H,1-5H3. The minimum atomic E-state index is -0.304. The molecule has 2 nitrogen and oxygen atoms in total. The monoisotopic (exact) mass is 510 g/mol. The van der Waals surface area contributed by atoms with Crippen molar-refractivity contribution in [3.63, 3.8) is 0 Å². The molecule has 0 aliphatic carbocycles. The van der Waals surface area contributed by atoms with E-state index in [2.05, 4.69) is 82.3 Å². The quantitative estimate of drug-likeness (QED) is 0.175. The van der Waals surface area contributed by atoms with Crippen molar-refractivity contribution in [2.45, 2.75) is 40.2 Å². The molecule has 184 valence electrons. The van der Waals surface area contributed by atoms with Gasteiger partial charge in [0.2, 0.25) is 0 Å². The van der Waals surface area contributed by atoms with Crippen LogP contribution in [0.3, 0.4) is 0 Å². The van der Waals surface area contributed by atoms with Gasteiger partial charge in [-0.05, 0) is 96.3 Å². The van der Waals surface area contributed by atoms with Gasteiger partial charge in [-0.2, -0.15) is 0 Å². The number of hydrogen-bond acceptors (Lipinski definition) is 3. The summed E-state index contributed by atoms with van der Waals surface area (Å²) in [6, 6.07) is 24.1. The Morgan fingerprint density at radius 2 is 1.37 bits per heavy atom. The van der Waals surface area contributed by atoms with Crippen LogP contribution in [0.2, 0.25) is 0 Å². The summed E-state index contributed by atoms with van der Waals surface area (Å²) in [6.07, 6.45) is 0. The Labute approximate surface area is 224 Å². The van der Waals surface area contributed by atoms with Crippen LogP contribution < -0.4 is 4.74 Å². The summed E-state index contributed by atoms with van der Waals surface area (Å²) in [6.45, 7) is 10.2. The van der Waals surface area contributed by atoms with Crippen LogP contribution in [0.25, 0.3) is 74.4 Å². The van der Waals surface area contributed by atoms with E-state index in [4.69, 9.17) is 4.74 Å². The first-order valence-corrected chi connectivity index (χ1v) is 14.0. The maximum atomic E-state index is 11.8. The third-order valence-electron chi connectivity index (χ3n) is 8.06. The van der Waals surface area contributed by atoms with Gasteiger partial charge >= 0.3 is 0 Å². The minimum absolute atomic E-state index is 0.0924. The molecule has 0 aliphatic rings. The Morgan fingerprint density at radius 1 is 0.711 bits per heavy atom. The molecule has 0 saturated carbocycles. The van der Waals surface area contributed by atoms with Crippen LogP contribution in [0.4, 0.5) is 0 Å². The maximum Gasteiger partial charge on any atom is 0.159 e. The second-order valence-electron chi connectivity index (χ2n) is 11.7. The van der Waals surface area contributed by atoms with Gasteiger partial charge in [0.1, 0.15) is 11.4 Å². The molecule has 8 aromatic rings. The number of Topliss-reactive ketones (excluding diaryl/α,β-unsaturated/α-hetero) is 1. The molecular weight excluding hydrogens is 484 g/mol. The molecule has 0 N–H and O–H groups in total. The predicted octanol–water partition coefficient (Wildman–Crippen LogP) is 10.3. The summed E-state index contributed by atoms with van der Waals surface area (Å²) in [5.41, 5.74) is 2.89. The van der Waals surface area contributed by atoms with Gasteiger partial charge in [0, 0.05) is 42.1 Å². The largest absolute Gasteiger partial charge is 0.487 e. The lowest BCUT2D eigenvalue weighted by Crippen LogP contribution is -2.23. The van der Waals surface area contributed by atoms with Crippen molar-refractivity contribution in [3.8, 4) is 16.2 Å². The number of aryl methyl sites for hydroxylation is 1. The highest BCUT2D eigenvalue weighted by atomic mass is 32.1. The number of fused-ring (bicyclic) bond motifs is 3. The molecule has 0 saturated heterocycles. The van der Waals surface area contributed by atoms with E-state index in [0.717, 1.165) is 16.9 Å². The van der Waals surface area contributed by atoms with Crippen molar-refractivity contribution in [1.29, 1.82) is 0 Å². The summed E-state index contributed by atoms with van der Waals surface area (Å²) in [7, 11) is 0. The van der Waals surface area contributed by atoms with E-state index in [0.29, 0.717) is 0 Å². The van der Waals surface area contributed by atoms with Gasteiger partial charge in [-0.3, -0.25) is 4.79 Å². The molecule has 7 aromatic carbocycles. The van der Waals surface area contributed by atoms with Crippen molar-refractivity contribution in [1.82, 2.24) is 0 Å². The van der Waals surface area contributed by atoms with Crippen molar-refractivity contribution in [2.24, 2.45) is 0 Å². The molecule has 3 heteroatoms. The zero-order chi connectivity index (χ0) is 26.1. The Kier molecular flexibility index (Phi) is 4.14. The molecule has 0 bridgehead atoms. The molecule has 0 atom stereocenters. The number of hydrogen-bond donors (Lipinski definition) is 0. The first-order valence-electron chi connectivity index (χ1n) is 13.1. The number of ketones is 1. The van der Waals surface area contributed by atoms with E-state index in [9.17, 15) is 4.79 Å². The summed E-state index contributed by atoms with van der Waals surface area (Å²) in [5.74, 6) is 1.04. The topological polar surface area (TPSA) is 26.3 Å². The SMILES string of the molecule is CC(=O)c1ccc(-c2cc3c4cc(C)c5ccc6ccc7c(OC(C)(C)C)cc(c3s2)c2c7c6c5c42)cc1. The zero-order valence-electron chi connectivity index (χ0n) is 22.1. The predicted molar refractivity (Wildman–Crippen MR) is 163 cm³/mol. The van der Waals surface area contributed by atoms with Crippen molar-refractivity contribution in [2.75, 3.05) is 0 Å². The van der Waals surface area contributed by atoms with Crippen LogP contribution >= 0.6 is 11.3 Å². The molecule has 0 radical (unpaired) electrons. The Bertz CT molecular complexity index is 2210. The van der Waals surface area contributed by atoms with Crippen LogP contribution in [-0.2, 0) is 0 Å². The summed E-state index contributed by atoms with van der Waals surface area (Å²) in [4.78, 5) is 13.1. The molecule has 0 amide bonds. The number of rotatable bonds is 3. The van der Waals surface area contributed by atoms with Gasteiger partial charge in [-0.15, -0.1) is 11.3 Å². The number of benzene rings is 6. The highest BCUT2D eigenvalue weighted by Crippen LogP contribution is 2.55. The van der Waals surface area contributed by atoms with E-state index < -0.39 is 0 Å². The van der Waals surface area contributed by atoms with Crippen molar-refractivity contribution < 1.29 is 9.53 Å². The molecular formula is C35H26O2S. The van der Waals surface area contributed by atoms with E-state index in [-0.39, 0.29) is 11.4 Å². The molecule has 38 heavy (non-hydrogen) atoms. The normalized spacial score (nSPS) is 13.0. The third-order valence-corrected chi connectivity index (χ3v) is 9.28. The number of ether oxygens (including phenoxy) is 1. The summed E-state index contributed by atoms with van der Waals surface area (Å²) in [5, 5.41) is 14.5. The van der Waals surface area contributed by atoms with Crippen LogP contribution in [0.5, 0.6) is 5.75 Å². The highest BCUT2D eigenvalue weighted by molar-refractivity contribution is 7.23. The zero-order valence-corrected chi connectivity index (χ0v) is 22.9. The highest BCUT2D eigenvalue weighted by Gasteiger charge is 2.27. The first kappa shape index (κ1) is 22.1. The summed E-state index contributed by atoms with van der Waals surface area (Å²) >= 11 is 1.84. The number of thiophene rings is 1. The van der Waals surface area contributed by atoms with Gasteiger partial charge in [-0.1, -0.05) is 48.5 Å². The second-order valence-corrected chi connectivity index (χ2v) is 12.7. The molecule has 0 aliphatic heterocycles. The van der Waals surface area contributed by atoms with Crippen LogP contribution in [-0.4, -0.2) is 11.4 Å². The van der Waals surface area contributed by atoms with Crippen molar-refractivity contribution in [3.05, 3.63) is 77.9 Å². The maximum absolute atomic E-state index is 11.8. The fourth-order valence-electron chi connectivity index (χ4n) is 6.52. The lowest BCUT2D eigenvalue weighted by Gasteiger charge is -2.23. The molecule has 0 spiro atoms. The molecule has 1 heterocycles. The van der Waals surface area contributed by atoms with E-state index >= 15 is 0 Å². The number of carbonyl (C=O) groups excluding carboxylic acids is 1. The third kappa shape index (κ3) is 2.80. The van der Waals surface area contributed by atoms with E-state index in [1.807, 2.05) is 23.5 Å². The Hall–Kier alpha value is -3.95. The lowest BCUT2D eigenvalue weighted by molar-refractivity contribution is 0.101. The average Bonchev–Trinajstić information content (AvgIpc) is 3.48. The van der Waals surface area contributed by atoms with Gasteiger partial charge in [0.05, 0.1) is 0 Å².